The number of carbonyl (C=O) groups is 3. The maximum atomic E-state index is 12.8. The van der Waals surface area contributed by atoms with Crippen molar-refractivity contribution in [3.63, 3.8) is 0 Å². The van der Waals surface area contributed by atoms with E-state index in [1.807, 2.05) is 43.3 Å². The highest BCUT2D eigenvalue weighted by Gasteiger charge is 2.41. The third kappa shape index (κ3) is 4.70. The third-order valence-electron chi connectivity index (χ3n) is 5.99. The highest BCUT2D eigenvalue weighted by Crippen LogP contribution is 2.30. The minimum absolute atomic E-state index is 0.0466. The fraction of sp³-hybridized carbons (Fsp3) is 0.320. The van der Waals surface area contributed by atoms with Crippen LogP contribution in [-0.2, 0) is 16.1 Å². The number of halogens is 1. The van der Waals surface area contributed by atoms with E-state index in [0.29, 0.717) is 12.1 Å². The van der Waals surface area contributed by atoms with Crippen LogP contribution in [0.3, 0.4) is 0 Å². The van der Waals surface area contributed by atoms with Gasteiger partial charge in [-0.05, 0) is 49.6 Å². The van der Waals surface area contributed by atoms with E-state index in [0.717, 1.165) is 48.9 Å². The lowest BCUT2D eigenvalue weighted by Gasteiger charge is -2.29. The first-order valence-electron chi connectivity index (χ1n) is 10.9. The topological polar surface area (TPSA) is 78.5 Å². The lowest BCUT2D eigenvalue weighted by atomic mass is 9.94. The van der Waals surface area contributed by atoms with Crippen LogP contribution in [0.1, 0.15) is 53.6 Å². The van der Waals surface area contributed by atoms with Gasteiger partial charge >= 0.3 is 0 Å². The zero-order valence-electron chi connectivity index (χ0n) is 18.0. The number of benzene rings is 2. The van der Waals surface area contributed by atoms with Gasteiger partial charge in [0.05, 0.1) is 0 Å². The molecule has 1 saturated carbocycles. The van der Waals surface area contributed by atoms with Crippen molar-refractivity contribution in [3.8, 4) is 0 Å². The van der Waals surface area contributed by atoms with Gasteiger partial charge in [-0.25, -0.2) is 0 Å². The molecule has 166 valence electrons. The summed E-state index contributed by atoms with van der Waals surface area (Å²) in [4.78, 5) is 39.2. The monoisotopic (exact) mass is 451 g/mol. The molecule has 6 nitrogen and oxygen atoms in total. The normalized spacial score (nSPS) is 17.1. The Morgan fingerprint density at radius 2 is 1.62 bits per heavy atom. The Morgan fingerprint density at radius 3 is 2.28 bits per heavy atom. The highest BCUT2D eigenvalue weighted by molar-refractivity contribution is 6.47. The molecule has 0 bridgehead atoms. The predicted octanol–water partition coefficient (Wildman–Crippen LogP) is 4.49. The molecule has 0 radical (unpaired) electrons. The summed E-state index contributed by atoms with van der Waals surface area (Å²) in [5.74, 6) is -0.950. The molecule has 0 aromatic heterocycles. The summed E-state index contributed by atoms with van der Waals surface area (Å²) in [5.41, 5.74) is 3.41. The summed E-state index contributed by atoms with van der Waals surface area (Å²) >= 11 is 6.21. The quantitative estimate of drug-likeness (QED) is 0.634. The van der Waals surface area contributed by atoms with Crippen molar-refractivity contribution in [1.29, 1.82) is 0 Å². The van der Waals surface area contributed by atoms with E-state index in [-0.39, 0.29) is 28.6 Å². The third-order valence-corrected chi connectivity index (χ3v) is 6.34. The zero-order valence-corrected chi connectivity index (χ0v) is 18.7. The number of hydrogen-bond donors (Lipinski definition) is 2. The summed E-state index contributed by atoms with van der Waals surface area (Å²) in [6.07, 6.45) is 4.85. The Labute approximate surface area is 192 Å². The number of nitrogens with one attached hydrogen (secondary N) is 2. The Morgan fingerprint density at radius 1 is 0.969 bits per heavy atom. The van der Waals surface area contributed by atoms with Crippen molar-refractivity contribution in [2.24, 2.45) is 0 Å². The van der Waals surface area contributed by atoms with Crippen LogP contribution in [0.2, 0.25) is 0 Å². The summed E-state index contributed by atoms with van der Waals surface area (Å²) < 4.78 is 0. The average molecular weight is 452 g/mol. The van der Waals surface area contributed by atoms with E-state index in [9.17, 15) is 14.4 Å². The van der Waals surface area contributed by atoms with Gasteiger partial charge in [0.1, 0.15) is 10.7 Å². The van der Waals surface area contributed by atoms with Crippen molar-refractivity contribution in [2.45, 2.75) is 51.6 Å². The minimum atomic E-state index is -0.408. The summed E-state index contributed by atoms with van der Waals surface area (Å²) in [6.45, 7) is 2.31. The van der Waals surface area contributed by atoms with E-state index in [1.165, 1.54) is 4.90 Å². The Bertz CT molecular complexity index is 1050. The standard InChI is InChI=1S/C25H26ClN3O3/c1-16-7-13-19(14-8-16)28-23(30)18-11-9-17(10-12-18)15-27-22-21(26)24(31)29(25(22)32)20-5-3-2-4-6-20/h7-14,20,27H,2-6,15H2,1H3,(H,28,30). The number of carbonyl (C=O) groups excluding carboxylic acids is 3. The molecule has 0 unspecified atom stereocenters. The second-order valence-electron chi connectivity index (χ2n) is 8.33. The molecule has 1 heterocycles. The molecule has 0 spiro atoms. The molecular formula is C25H26ClN3O3. The molecule has 0 atom stereocenters. The molecule has 2 aliphatic rings. The van der Waals surface area contributed by atoms with Crippen molar-refractivity contribution >= 4 is 35.0 Å². The first-order chi connectivity index (χ1) is 15.4. The number of rotatable bonds is 6. The van der Waals surface area contributed by atoms with E-state index in [2.05, 4.69) is 10.6 Å². The number of nitrogens with zero attached hydrogens (tertiary/aromatic N) is 1. The Kier molecular flexibility index (Phi) is 6.61. The Balaban J connectivity index is 1.36. The number of amides is 3. The number of hydrogen-bond acceptors (Lipinski definition) is 4. The van der Waals surface area contributed by atoms with Gasteiger partial charge in [-0.15, -0.1) is 0 Å². The van der Waals surface area contributed by atoms with Gasteiger partial charge in [-0.3, -0.25) is 19.3 Å². The summed E-state index contributed by atoms with van der Waals surface area (Å²) in [7, 11) is 0. The van der Waals surface area contributed by atoms with Gasteiger partial charge in [-0.1, -0.05) is 60.7 Å². The van der Waals surface area contributed by atoms with Gasteiger partial charge in [0.25, 0.3) is 17.7 Å². The Hall–Kier alpha value is -3.12. The largest absolute Gasteiger partial charge is 0.375 e. The van der Waals surface area contributed by atoms with E-state index >= 15 is 0 Å². The lowest BCUT2D eigenvalue weighted by molar-refractivity contribution is -0.140. The van der Waals surface area contributed by atoms with Crippen LogP contribution in [0.15, 0.2) is 59.3 Å². The molecule has 1 aliphatic heterocycles. The molecule has 4 rings (SSSR count). The first-order valence-corrected chi connectivity index (χ1v) is 11.3. The number of imide groups is 1. The van der Waals surface area contributed by atoms with E-state index < -0.39 is 5.91 Å². The average Bonchev–Trinajstić information content (AvgIpc) is 3.02. The van der Waals surface area contributed by atoms with Crippen molar-refractivity contribution in [2.75, 3.05) is 5.32 Å². The van der Waals surface area contributed by atoms with E-state index in [1.54, 1.807) is 12.1 Å². The fourth-order valence-corrected chi connectivity index (χ4v) is 4.39. The fourth-order valence-electron chi connectivity index (χ4n) is 4.15. The molecule has 1 aliphatic carbocycles. The highest BCUT2D eigenvalue weighted by atomic mass is 35.5. The van der Waals surface area contributed by atoms with E-state index in [4.69, 9.17) is 11.6 Å². The molecule has 1 fully saturated rings. The number of aryl methyl sites for hydroxylation is 1. The van der Waals surface area contributed by atoms with Crippen LogP contribution in [0, 0.1) is 6.92 Å². The van der Waals surface area contributed by atoms with Gasteiger partial charge in [0.2, 0.25) is 0 Å². The van der Waals surface area contributed by atoms with Gasteiger partial charge in [0.15, 0.2) is 0 Å². The van der Waals surface area contributed by atoms with Crippen LogP contribution in [0.4, 0.5) is 5.69 Å². The maximum absolute atomic E-state index is 12.8. The maximum Gasteiger partial charge on any atom is 0.278 e. The SMILES string of the molecule is Cc1ccc(NC(=O)c2ccc(CNC3=C(Cl)C(=O)N(C4CCCCC4)C3=O)cc2)cc1. The van der Waals surface area contributed by atoms with Crippen molar-refractivity contribution in [3.05, 3.63) is 76.0 Å². The van der Waals surface area contributed by atoms with Crippen LogP contribution >= 0.6 is 11.6 Å². The smallest absolute Gasteiger partial charge is 0.278 e. The molecule has 3 amide bonds. The first kappa shape index (κ1) is 22.1. The number of anilines is 1. The predicted molar refractivity (Wildman–Crippen MR) is 124 cm³/mol. The molecule has 0 saturated heterocycles. The van der Waals surface area contributed by atoms with Gasteiger partial charge in [-0.2, -0.15) is 0 Å². The molecule has 32 heavy (non-hydrogen) atoms. The van der Waals surface area contributed by atoms with Crippen LogP contribution in [0.25, 0.3) is 0 Å². The molecule has 2 aromatic rings. The molecule has 2 aromatic carbocycles. The molecular weight excluding hydrogens is 426 g/mol. The lowest BCUT2D eigenvalue weighted by Crippen LogP contribution is -2.43. The summed E-state index contributed by atoms with van der Waals surface area (Å²) in [6, 6.07) is 14.6. The van der Waals surface area contributed by atoms with Crippen molar-refractivity contribution < 1.29 is 14.4 Å². The van der Waals surface area contributed by atoms with Crippen LogP contribution in [0.5, 0.6) is 0 Å². The van der Waals surface area contributed by atoms with Gasteiger partial charge in [0, 0.05) is 23.8 Å². The molecule has 7 heteroatoms. The summed E-state index contributed by atoms with van der Waals surface area (Å²) in [5, 5.41) is 5.85. The van der Waals surface area contributed by atoms with Crippen molar-refractivity contribution in [1.82, 2.24) is 10.2 Å². The van der Waals surface area contributed by atoms with Crippen LogP contribution < -0.4 is 10.6 Å². The molecule has 2 N–H and O–H groups in total. The van der Waals surface area contributed by atoms with Gasteiger partial charge < -0.3 is 10.6 Å². The second kappa shape index (κ2) is 9.57. The second-order valence-corrected chi connectivity index (χ2v) is 8.71. The zero-order chi connectivity index (χ0) is 22.7. The van der Waals surface area contributed by atoms with Crippen LogP contribution in [-0.4, -0.2) is 28.7 Å². The minimum Gasteiger partial charge on any atom is -0.375 e.